The summed E-state index contributed by atoms with van der Waals surface area (Å²) in [6.07, 6.45) is -0.737. The molecule has 142 valence electrons. The van der Waals surface area contributed by atoms with Crippen LogP contribution in [0.2, 0.25) is 0 Å². The van der Waals surface area contributed by atoms with Crippen molar-refractivity contribution < 1.29 is 24.1 Å². The zero-order valence-corrected chi connectivity index (χ0v) is 16.1. The van der Waals surface area contributed by atoms with Gasteiger partial charge in [0.1, 0.15) is 6.10 Å². The Hall–Kier alpha value is -2.25. The van der Waals surface area contributed by atoms with Gasteiger partial charge in [-0.2, -0.15) is 0 Å². The molecule has 2 N–H and O–H groups in total. The fourth-order valence-electron chi connectivity index (χ4n) is 2.39. The molecule has 0 saturated carbocycles. The number of aliphatic hydroxyl groups is 1. The fraction of sp³-hybridized carbons (Fsp3) is 0.421. The summed E-state index contributed by atoms with van der Waals surface area (Å²) in [6, 6.07) is 6.95. The second-order valence-corrected chi connectivity index (χ2v) is 6.32. The molecule has 2 aromatic rings. The minimum atomic E-state index is -0.737. The van der Waals surface area contributed by atoms with E-state index in [9.17, 15) is 9.90 Å². The number of ether oxygens (including phenoxy) is 3. The van der Waals surface area contributed by atoms with E-state index in [2.05, 4.69) is 5.32 Å². The van der Waals surface area contributed by atoms with Crippen molar-refractivity contribution in [2.75, 3.05) is 26.4 Å². The SMILES string of the molecule is CCOc1cc(C(=O)NCC(O)c2cccs2)cc(OCC)c1OCC. The molecular weight excluding hydrogens is 354 g/mol. The lowest BCUT2D eigenvalue weighted by Crippen LogP contribution is -2.28. The molecule has 0 aliphatic carbocycles. The van der Waals surface area contributed by atoms with Gasteiger partial charge in [-0.15, -0.1) is 11.3 Å². The maximum atomic E-state index is 12.5. The number of aliphatic hydroxyl groups excluding tert-OH is 1. The summed E-state index contributed by atoms with van der Waals surface area (Å²) < 4.78 is 16.9. The molecule has 6 nitrogen and oxygen atoms in total. The number of benzene rings is 1. The van der Waals surface area contributed by atoms with Crippen LogP contribution in [0.5, 0.6) is 17.2 Å². The molecule has 0 aliphatic rings. The summed E-state index contributed by atoms with van der Waals surface area (Å²) in [5, 5.41) is 14.8. The van der Waals surface area contributed by atoms with Gasteiger partial charge in [-0.25, -0.2) is 0 Å². The number of carbonyl (C=O) groups excluding carboxylic acids is 1. The molecule has 0 saturated heterocycles. The number of thiophene rings is 1. The molecular formula is C19H25NO5S. The first-order valence-electron chi connectivity index (χ1n) is 8.66. The summed E-state index contributed by atoms with van der Waals surface area (Å²) >= 11 is 1.45. The Bertz CT molecular complexity index is 675. The molecule has 0 bridgehead atoms. The highest BCUT2D eigenvalue weighted by Gasteiger charge is 2.19. The third-order valence-corrected chi connectivity index (χ3v) is 4.47. The standard InChI is InChI=1S/C19H25NO5S/c1-4-23-15-10-13(11-16(24-5-2)18(15)25-6-3)19(22)20-12-14(21)17-8-7-9-26-17/h7-11,14,21H,4-6,12H2,1-3H3,(H,20,22). The van der Waals surface area contributed by atoms with Crippen LogP contribution in [0.15, 0.2) is 29.6 Å². The van der Waals surface area contributed by atoms with Crippen molar-refractivity contribution in [1.29, 1.82) is 0 Å². The second kappa shape index (κ2) is 10.0. The molecule has 2 rings (SSSR count). The topological polar surface area (TPSA) is 77.0 Å². The molecule has 0 aliphatic heterocycles. The normalized spacial score (nSPS) is 11.7. The highest BCUT2D eigenvalue weighted by atomic mass is 32.1. The Morgan fingerprint density at radius 3 is 2.23 bits per heavy atom. The van der Waals surface area contributed by atoms with E-state index in [1.807, 2.05) is 38.3 Å². The third-order valence-electron chi connectivity index (χ3n) is 3.50. The first-order chi connectivity index (χ1) is 12.6. The van der Waals surface area contributed by atoms with Crippen LogP contribution >= 0.6 is 11.3 Å². The molecule has 0 radical (unpaired) electrons. The lowest BCUT2D eigenvalue weighted by atomic mass is 10.1. The predicted octanol–water partition coefficient (Wildman–Crippen LogP) is 3.41. The van der Waals surface area contributed by atoms with Gasteiger partial charge in [-0.3, -0.25) is 4.79 Å². The zero-order chi connectivity index (χ0) is 18.9. The van der Waals surface area contributed by atoms with Crippen molar-refractivity contribution in [3.8, 4) is 17.2 Å². The molecule has 0 spiro atoms. The van der Waals surface area contributed by atoms with Crippen molar-refractivity contribution in [3.63, 3.8) is 0 Å². The number of hydrogen-bond donors (Lipinski definition) is 2. The van der Waals surface area contributed by atoms with Gasteiger partial charge in [0.15, 0.2) is 11.5 Å². The lowest BCUT2D eigenvalue weighted by Gasteiger charge is -2.17. The maximum Gasteiger partial charge on any atom is 0.251 e. The van der Waals surface area contributed by atoms with Crippen molar-refractivity contribution in [2.45, 2.75) is 26.9 Å². The van der Waals surface area contributed by atoms with Crippen LogP contribution in [-0.4, -0.2) is 37.4 Å². The third kappa shape index (κ3) is 5.12. The Balaban J connectivity index is 2.19. The Labute approximate surface area is 157 Å². The molecule has 26 heavy (non-hydrogen) atoms. The molecule has 1 heterocycles. The average molecular weight is 379 g/mol. The molecule has 1 unspecified atom stereocenters. The Morgan fingerprint density at radius 2 is 1.73 bits per heavy atom. The number of nitrogens with one attached hydrogen (secondary N) is 1. The zero-order valence-electron chi connectivity index (χ0n) is 15.3. The minimum absolute atomic E-state index is 0.125. The van der Waals surface area contributed by atoms with Crippen molar-refractivity contribution >= 4 is 17.2 Å². The van der Waals surface area contributed by atoms with Gasteiger partial charge in [-0.1, -0.05) is 6.07 Å². The van der Waals surface area contributed by atoms with Gasteiger partial charge in [-0.05, 0) is 44.4 Å². The van der Waals surface area contributed by atoms with Gasteiger partial charge in [0.2, 0.25) is 5.75 Å². The van der Waals surface area contributed by atoms with Crippen LogP contribution in [-0.2, 0) is 0 Å². The first kappa shape index (κ1) is 20.1. The van der Waals surface area contributed by atoms with Gasteiger partial charge in [0.05, 0.1) is 19.8 Å². The average Bonchev–Trinajstić information content (AvgIpc) is 3.17. The summed E-state index contributed by atoms with van der Waals surface area (Å²) in [5.41, 5.74) is 0.388. The molecule has 1 amide bonds. The van der Waals surface area contributed by atoms with Gasteiger partial charge >= 0.3 is 0 Å². The van der Waals surface area contributed by atoms with Crippen molar-refractivity contribution in [3.05, 3.63) is 40.1 Å². The largest absolute Gasteiger partial charge is 0.490 e. The van der Waals surface area contributed by atoms with Crippen LogP contribution in [0.3, 0.4) is 0 Å². The van der Waals surface area contributed by atoms with Crippen LogP contribution in [0.25, 0.3) is 0 Å². The van der Waals surface area contributed by atoms with Crippen LogP contribution in [0.4, 0.5) is 0 Å². The van der Waals surface area contributed by atoms with E-state index in [1.165, 1.54) is 11.3 Å². The molecule has 7 heteroatoms. The molecule has 1 aromatic heterocycles. The number of hydrogen-bond acceptors (Lipinski definition) is 6. The maximum absolute atomic E-state index is 12.5. The Kier molecular flexibility index (Phi) is 7.74. The quantitative estimate of drug-likeness (QED) is 0.662. The summed E-state index contributed by atoms with van der Waals surface area (Å²) in [6.45, 7) is 7.05. The van der Waals surface area contributed by atoms with E-state index in [0.717, 1.165) is 4.88 Å². The first-order valence-corrected chi connectivity index (χ1v) is 9.54. The fourth-order valence-corrected chi connectivity index (χ4v) is 3.10. The van der Waals surface area contributed by atoms with Crippen molar-refractivity contribution in [1.82, 2.24) is 5.32 Å². The highest BCUT2D eigenvalue weighted by Crippen LogP contribution is 2.39. The summed E-state index contributed by atoms with van der Waals surface area (Å²) in [4.78, 5) is 13.3. The summed E-state index contributed by atoms with van der Waals surface area (Å²) in [7, 11) is 0. The number of amides is 1. The predicted molar refractivity (Wildman–Crippen MR) is 102 cm³/mol. The molecule has 1 atom stereocenters. The highest BCUT2D eigenvalue weighted by molar-refractivity contribution is 7.10. The van der Waals surface area contributed by atoms with E-state index in [4.69, 9.17) is 14.2 Å². The molecule has 1 aromatic carbocycles. The van der Waals surface area contributed by atoms with Crippen LogP contribution in [0.1, 0.15) is 42.1 Å². The van der Waals surface area contributed by atoms with Gasteiger partial charge in [0, 0.05) is 17.0 Å². The van der Waals surface area contributed by atoms with E-state index in [0.29, 0.717) is 42.6 Å². The second-order valence-electron chi connectivity index (χ2n) is 5.34. The summed E-state index contributed by atoms with van der Waals surface area (Å²) in [5.74, 6) is 1.10. The monoisotopic (exact) mass is 379 g/mol. The lowest BCUT2D eigenvalue weighted by molar-refractivity contribution is 0.0917. The van der Waals surface area contributed by atoms with E-state index < -0.39 is 6.10 Å². The van der Waals surface area contributed by atoms with Gasteiger partial charge in [0.25, 0.3) is 5.91 Å². The molecule has 0 fully saturated rings. The van der Waals surface area contributed by atoms with E-state index >= 15 is 0 Å². The Morgan fingerprint density at radius 1 is 1.12 bits per heavy atom. The van der Waals surface area contributed by atoms with Crippen LogP contribution in [0, 0.1) is 0 Å². The van der Waals surface area contributed by atoms with E-state index in [-0.39, 0.29) is 12.5 Å². The van der Waals surface area contributed by atoms with Crippen molar-refractivity contribution in [2.24, 2.45) is 0 Å². The van der Waals surface area contributed by atoms with Gasteiger partial charge < -0.3 is 24.6 Å². The smallest absolute Gasteiger partial charge is 0.251 e. The van der Waals surface area contributed by atoms with E-state index in [1.54, 1.807) is 12.1 Å². The minimum Gasteiger partial charge on any atom is -0.490 e. The number of rotatable bonds is 10. The number of carbonyl (C=O) groups is 1. The van der Waals surface area contributed by atoms with Crippen LogP contribution < -0.4 is 19.5 Å².